The molecule has 0 aliphatic carbocycles. The fourth-order valence-corrected chi connectivity index (χ4v) is 2.25. The van der Waals surface area contributed by atoms with E-state index in [0.29, 0.717) is 24.1 Å². The molecular weight excluding hydrogens is 228 g/mol. The Morgan fingerprint density at radius 3 is 3.13 bits per heavy atom. The molecule has 1 atom stereocenters. The number of hydrogen-bond donors (Lipinski definition) is 2. The Labute approximate surface area is 98.4 Å². The summed E-state index contributed by atoms with van der Waals surface area (Å²) in [6.07, 6.45) is 0. The first-order chi connectivity index (χ1) is 7.22. The predicted molar refractivity (Wildman–Crippen MR) is 67.1 cm³/mol. The van der Waals surface area contributed by atoms with Crippen molar-refractivity contribution in [3.63, 3.8) is 0 Å². The number of nitrogens with one attached hydrogen (secondary N) is 1. The Morgan fingerprint density at radius 1 is 1.73 bits per heavy atom. The lowest BCUT2D eigenvalue weighted by Crippen LogP contribution is -2.26. The van der Waals surface area contributed by atoms with E-state index in [2.05, 4.69) is 5.32 Å². The molecule has 15 heavy (non-hydrogen) atoms. The van der Waals surface area contributed by atoms with Gasteiger partial charge in [0.25, 0.3) is 0 Å². The number of hydrogen-bond acceptors (Lipinski definition) is 4. The highest BCUT2D eigenvalue weighted by Gasteiger charge is 2.05. The third-order valence-corrected chi connectivity index (χ3v) is 3.94. The van der Waals surface area contributed by atoms with Crippen molar-refractivity contribution in [2.75, 3.05) is 12.3 Å². The van der Waals surface area contributed by atoms with Gasteiger partial charge in [-0.05, 0) is 11.4 Å². The van der Waals surface area contributed by atoms with Gasteiger partial charge in [0.1, 0.15) is 0 Å². The third kappa shape index (κ3) is 5.20. The summed E-state index contributed by atoms with van der Waals surface area (Å²) in [5, 5.41) is 5.23. The molecule has 84 valence electrons. The summed E-state index contributed by atoms with van der Waals surface area (Å²) in [6, 6.07) is 4.00. The molecule has 0 aliphatic rings. The zero-order valence-corrected chi connectivity index (χ0v) is 10.4. The normalized spacial score (nSPS) is 12.4. The van der Waals surface area contributed by atoms with E-state index in [4.69, 9.17) is 5.73 Å². The van der Waals surface area contributed by atoms with Crippen molar-refractivity contribution in [1.29, 1.82) is 0 Å². The van der Waals surface area contributed by atoms with E-state index >= 15 is 0 Å². The van der Waals surface area contributed by atoms with Crippen molar-refractivity contribution in [3.8, 4) is 0 Å². The van der Waals surface area contributed by atoms with Crippen LogP contribution in [0.1, 0.15) is 11.8 Å². The molecule has 1 aromatic rings. The van der Waals surface area contributed by atoms with E-state index in [9.17, 15) is 4.79 Å². The average Bonchev–Trinajstić information content (AvgIpc) is 2.75. The molecule has 0 aromatic carbocycles. The van der Waals surface area contributed by atoms with E-state index in [-0.39, 0.29) is 5.91 Å². The Hall–Kier alpha value is -0.520. The van der Waals surface area contributed by atoms with Gasteiger partial charge in [0, 0.05) is 16.7 Å². The Morgan fingerprint density at radius 2 is 2.53 bits per heavy atom. The lowest BCUT2D eigenvalue weighted by atomic mass is 10.4. The summed E-state index contributed by atoms with van der Waals surface area (Å²) < 4.78 is 0. The molecule has 1 aromatic heterocycles. The van der Waals surface area contributed by atoms with Crippen LogP contribution in [0.15, 0.2) is 17.5 Å². The van der Waals surface area contributed by atoms with Gasteiger partial charge in [0.2, 0.25) is 5.91 Å². The van der Waals surface area contributed by atoms with E-state index < -0.39 is 0 Å². The van der Waals surface area contributed by atoms with Gasteiger partial charge >= 0.3 is 0 Å². The monoisotopic (exact) mass is 244 g/mol. The van der Waals surface area contributed by atoms with Crippen LogP contribution in [0.3, 0.4) is 0 Å². The molecule has 1 heterocycles. The first-order valence-electron chi connectivity index (χ1n) is 4.83. The molecule has 3 nitrogen and oxygen atoms in total. The summed E-state index contributed by atoms with van der Waals surface area (Å²) >= 11 is 3.24. The molecule has 0 aliphatic heterocycles. The molecular formula is C10H16N2OS2. The summed E-state index contributed by atoms with van der Waals surface area (Å²) in [4.78, 5) is 12.6. The quantitative estimate of drug-likeness (QED) is 0.796. The van der Waals surface area contributed by atoms with Gasteiger partial charge in [-0.1, -0.05) is 13.0 Å². The zero-order valence-electron chi connectivity index (χ0n) is 8.73. The fourth-order valence-electron chi connectivity index (χ4n) is 0.936. The minimum absolute atomic E-state index is 0.0775. The Bertz CT molecular complexity index is 288. The smallest absolute Gasteiger partial charge is 0.230 e. The van der Waals surface area contributed by atoms with E-state index in [1.807, 2.05) is 24.4 Å². The first kappa shape index (κ1) is 12.5. The second-order valence-corrected chi connectivity index (χ2v) is 5.67. The number of carbonyl (C=O) groups is 1. The summed E-state index contributed by atoms with van der Waals surface area (Å²) in [6.45, 7) is 3.27. The molecule has 0 saturated heterocycles. The van der Waals surface area contributed by atoms with Crippen LogP contribution in [-0.2, 0) is 11.3 Å². The maximum absolute atomic E-state index is 11.4. The highest BCUT2D eigenvalue weighted by Crippen LogP contribution is 2.09. The molecule has 0 fully saturated rings. The lowest BCUT2D eigenvalue weighted by Gasteiger charge is -2.07. The van der Waals surface area contributed by atoms with Gasteiger partial charge < -0.3 is 11.1 Å². The second-order valence-electron chi connectivity index (χ2n) is 3.21. The first-order valence-corrected chi connectivity index (χ1v) is 6.76. The Kier molecular flexibility index (Phi) is 5.75. The van der Waals surface area contributed by atoms with Crippen LogP contribution in [0.2, 0.25) is 0 Å². The van der Waals surface area contributed by atoms with E-state index in [1.54, 1.807) is 23.1 Å². The highest BCUT2D eigenvalue weighted by molar-refractivity contribution is 8.00. The lowest BCUT2D eigenvalue weighted by molar-refractivity contribution is -0.118. The molecule has 1 unspecified atom stereocenters. The number of rotatable bonds is 6. The largest absolute Gasteiger partial charge is 0.350 e. The third-order valence-electron chi connectivity index (χ3n) is 1.87. The number of carbonyl (C=O) groups excluding carboxylic acids is 1. The fraction of sp³-hybridized carbons (Fsp3) is 0.500. The van der Waals surface area contributed by atoms with Crippen LogP contribution < -0.4 is 11.1 Å². The summed E-state index contributed by atoms with van der Waals surface area (Å²) in [5.74, 6) is 0.567. The van der Waals surface area contributed by atoms with Crippen molar-refractivity contribution in [2.45, 2.75) is 18.7 Å². The number of thiophene rings is 1. The number of amides is 1. The highest BCUT2D eigenvalue weighted by atomic mass is 32.2. The van der Waals surface area contributed by atoms with Crippen molar-refractivity contribution in [3.05, 3.63) is 22.4 Å². The molecule has 5 heteroatoms. The van der Waals surface area contributed by atoms with Crippen LogP contribution in [-0.4, -0.2) is 23.5 Å². The van der Waals surface area contributed by atoms with Crippen LogP contribution in [0.4, 0.5) is 0 Å². The minimum atomic E-state index is 0.0775. The number of nitrogens with two attached hydrogens (primary N) is 1. The van der Waals surface area contributed by atoms with Crippen molar-refractivity contribution < 1.29 is 4.79 Å². The maximum Gasteiger partial charge on any atom is 0.230 e. The van der Waals surface area contributed by atoms with Gasteiger partial charge in [0.15, 0.2) is 0 Å². The SMILES string of the molecule is CC(CN)SCC(=O)NCc1cccs1. The molecule has 3 N–H and O–H groups in total. The Balaban J connectivity index is 2.14. The average molecular weight is 244 g/mol. The molecule has 1 amide bonds. The topological polar surface area (TPSA) is 55.1 Å². The van der Waals surface area contributed by atoms with E-state index in [0.717, 1.165) is 0 Å². The van der Waals surface area contributed by atoms with Crippen LogP contribution in [0.25, 0.3) is 0 Å². The van der Waals surface area contributed by atoms with Crippen LogP contribution in [0, 0.1) is 0 Å². The van der Waals surface area contributed by atoms with Crippen LogP contribution in [0.5, 0.6) is 0 Å². The zero-order chi connectivity index (χ0) is 11.1. The molecule has 0 bridgehead atoms. The van der Waals surface area contributed by atoms with Gasteiger partial charge in [-0.3, -0.25) is 4.79 Å². The molecule has 0 spiro atoms. The maximum atomic E-state index is 11.4. The van der Waals surface area contributed by atoms with Gasteiger partial charge in [-0.2, -0.15) is 0 Å². The molecule has 0 radical (unpaired) electrons. The minimum Gasteiger partial charge on any atom is -0.350 e. The van der Waals surface area contributed by atoms with Gasteiger partial charge in [-0.15, -0.1) is 23.1 Å². The van der Waals surface area contributed by atoms with Crippen molar-refractivity contribution >= 4 is 29.0 Å². The van der Waals surface area contributed by atoms with Crippen molar-refractivity contribution in [2.24, 2.45) is 5.73 Å². The van der Waals surface area contributed by atoms with E-state index in [1.165, 1.54) is 4.88 Å². The standard InChI is InChI=1S/C10H16N2OS2/c1-8(5-11)15-7-10(13)12-6-9-3-2-4-14-9/h2-4,8H,5-7,11H2,1H3,(H,12,13). The summed E-state index contributed by atoms with van der Waals surface area (Å²) in [7, 11) is 0. The summed E-state index contributed by atoms with van der Waals surface area (Å²) in [5.41, 5.74) is 5.46. The van der Waals surface area contributed by atoms with Gasteiger partial charge in [0.05, 0.1) is 12.3 Å². The van der Waals surface area contributed by atoms with Gasteiger partial charge in [-0.25, -0.2) is 0 Å². The molecule has 0 saturated carbocycles. The van der Waals surface area contributed by atoms with Crippen molar-refractivity contribution in [1.82, 2.24) is 5.32 Å². The predicted octanol–water partition coefficient (Wildman–Crippen LogP) is 1.44. The number of thioether (sulfide) groups is 1. The van der Waals surface area contributed by atoms with Crippen LogP contribution >= 0.6 is 23.1 Å². The molecule has 1 rings (SSSR count). The second kappa shape index (κ2) is 6.87.